The zero-order chi connectivity index (χ0) is 12.3. The quantitative estimate of drug-likeness (QED) is 0.775. The number of ether oxygens (including phenoxy) is 1. The molecule has 17 heavy (non-hydrogen) atoms. The summed E-state index contributed by atoms with van der Waals surface area (Å²) in [6.45, 7) is 1.28. The summed E-state index contributed by atoms with van der Waals surface area (Å²) in [7, 11) is 0. The number of nitrogens with zero attached hydrogens (tertiary/aromatic N) is 3. The third kappa shape index (κ3) is 2.54. The van der Waals surface area contributed by atoms with E-state index < -0.39 is 5.97 Å². The van der Waals surface area contributed by atoms with Crippen molar-refractivity contribution in [3.63, 3.8) is 0 Å². The summed E-state index contributed by atoms with van der Waals surface area (Å²) in [5.41, 5.74) is 6.87. The zero-order valence-corrected chi connectivity index (χ0v) is 9.12. The predicted octanol–water partition coefficient (Wildman–Crippen LogP) is 1.05. The van der Waals surface area contributed by atoms with Gasteiger partial charge in [-0.05, 0) is 12.1 Å². The molecule has 0 aromatic carbocycles. The molecule has 2 rings (SSSR count). The molecule has 2 heterocycles. The smallest absolute Gasteiger partial charge is 0.309 e. The van der Waals surface area contributed by atoms with Gasteiger partial charge in [-0.15, -0.1) is 0 Å². The lowest BCUT2D eigenvalue weighted by molar-refractivity contribution is -0.132. The van der Waals surface area contributed by atoms with Gasteiger partial charge in [-0.3, -0.25) is 9.78 Å². The Morgan fingerprint density at radius 2 is 2.24 bits per heavy atom. The van der Waals surface area contributed by atoms with Crippen LogP contribution in [-0.2, 0) is 4.79 Å². The number of hydrogen-bond donors (Lipinski definition) is 1. The molecular weight excluding hydrogens is 220 g/mol. The van der Waals surface area contributed by atoms with Crippen LogP contribution in [0.25, 0.3) is 11.3 Å². The fourth-order valence-electron chi connectivity index (χ4n) is 1.25. The molecule has 0 amide bonds. The molecule has 0 radical (unpaired) electrons. The van der Waals surface area contributed by atoms with Crippen LogP contribution in [0.1, 0.15) is 6.92 Å². The Balaban J connectivity index is 2.41. The van der Waals surface area contributed by atoms with Crippen LogP contribution in [0.2, 0.25) is 0 Å². The molecule has 0 saturated heterocycles. The molecule has 6 heteroatoms. The second kappa shape index (κ2) is 4.56. The van der Waals surface area contributed by atoms with Crippen LogP contribution in [0.5, 0.6) is 5.88 Å². The molecule has 0 aliphatic heterocycles. The summed E-state index contributed by atoms with van der Waals surface area (Å²) >= 11 is 0. The van der Waals surface area contributed by atoms with Gasteiger partial charge in [0.15, 0.2) is 5.82 Å². The maximum Gasteiger partial charge on any atom is 0.309 e. The lowest BCUT2D eigenvalue weighted by Gasteiger charge is -2.05. The Bertz CT molecular complexity index is 542. The van der Waals surface area contributed by atoms with Crippen molar-refractivity contribution in [3.8, 4) is 17.1 Å². The maximum atomic E-state index is 10.9. The lowest BCUT2D eigenvalue weighted by Crippen LogP contribution is -2.07. The first kappa shape index (κ1) is 11.0. The highest BCUT2D eigenvalue weighted by Gasteiger charge is 2.09. The number of carbonyl (C=O) groups excluding carboxylic acids is 1. The van der Waals surface area contributed by atoms with E-state index in [1.165, 1.54) is 13.1 Å². The molecule has 0 aliphatic carbocycles. The zero-order valence-electron chi connectivity index (χ0n) is 9.12. The van der Waals surface area contributed by atoms with Crippen molar-refractivity contribution < 1.29 is 9.53 Å². The number of rotatable bonds is 2. The van der Waals surface area contributed by atoms with Crippen molar-refractivity contribution in [2.45, 2.75) is 6.92 Å². The molecule has 86 valence electrons. The number of anilines is 1. The van der Waals surface area contributed by atoms with E-state index in [1.54, 1.807) is 18.5 Å². The Morgan fingerprint density at radius 1 is 1.41 bits per heavy atom. The first-order valence-electron chi connectivity index (χ1n) is 4.88. The van der Waals surface area contributed by atoms with Gasteiger partial charge in [0.1, 0.15) is 0 Å². The van der Waals surface area contributed by atoms with Crippen molar-refractivity contribution >= 4 is 11.8 Å². The first-order valence-corrected chi connectivity index (χ1v) is 4.88. The minimum atomic E-state index is -0.491. The fourth-order valence-corrected chi connectivity index (χ4v) is 1.25. The molecule has 0 bridgehead atoms. The summed E-state index contributed by atoms with van der Waals surface area (Å²) in [6, 6.07) is 3.60. The van der Waals surface area contributed by atoms with Gasteiger partial charge in [0, 0.05) is 24.9 Å². The van der Waals surface area contributed by atoms with E-state index in [-0.39, 0.29) is 11.7 Å². The van der Waals surface area contributed by atoms with Gasteiger partial charge >= 0.3 is 5.97 Å². The highest BCUT2D eigenvalue weighted by Crippen LogP contribution is 2.21. The SMILES string of the molecule is CC(=O)Oc1nc(-c2cccnc2)cnc1N. The van der Waals surface area contributed by atoms with Crippen molar-refractivity contribution in [2.24, 2.45) is 0 Å². The molecule has 0 fully saturated rings. The molecular formula is C11H10N4O2. The topological polar surface area (TPSA) is 91.0 Å². The number of pyridine rings is 1. The Labute approximate surface area is 97.5 Å². The van der Waals surface area contributed by atoms with Crippen molar-refractivity contribution in [1.82, 2.24) is 15.0 Å². The fraction of sp³-hybridized carbons (Fsp3) is 0.0909. The minimum Gasteiger partial charge on any atom is -0.404 e. The summed E-state index contributed by atoms with van der Waals surface area (Å²) in [5, 5.41) is 0. The van der Waals surface area contributed by atoms with Crippen molar-refractivity contribution in [1.29, 1.82) is 0 Å². The van der Waals surface area contributed by atoms with Crippen molar-refractivity contribution in [2.75, 3.05) is 5.73 Å². The van der Waals surface area contributed by atoms with E-state index in [0.29, 0.717) is 5.69 Å². The summed E-state index contributed by atoms with van der Waals surface area (Å²) in [6.07, 6.45) is 4.79. The number of nitrogens with two attached hydrogens (primary N) is 1. The summed E-state index contributed by atoms with van der Waals surface area (Å²) in [5.74, 6) is -0.402. The lowest BCUT2D eigenvalue weighted by atomic mass is 10.2. The van der Waals surface area contributed by atoms with E-state index in [2.05, 4.69) is 15.0 Å². The Hall–Kier alpha value is -2.50. The Morgan fingerprint density at radius 3 is 2.88 bits per heavy atom. The van der Waals surface area contributed by atoms with E-state index >= 15 is 0 Å². The highest BCUT2D eigenvalue weighted by molar-refractivity contribution is 5.71. The molecule has 0 unspecified atom stereocenters. The molecule has 2 aromatic rings. The third-order valence-electron chi connectivity index (χ3n) is 1.96. The van der Waals surface area contributed by atoms with Gasteiger partial charge in [-0.25, -0.2) is 9.97 Å². The van der Waals surface area contributed by atoms with Gasteiger partial charge in [-0.2, -0.15) is 0 Å². The number of hydrogen-bond acceptors (Lipinski definition) is 6. The highest BCUT2D eigenvalue weighted by atomic mass is 16.5. The number of nitrogen functional groups attached to an aromatic ring is 1. The van der Waals surface area contributed by atoms with Crippen LogP contribution in [-0.4, -0.2) is 20.9 Å². The molecule has 0 aliphatic rings. The van der Waals surface area contributed by atoms with Crippen LogP contribution < -0.4 is 10.5 Å². The van der Waals surface area contributed by atoms with Crippen LogP contribution in [0.4, 0.5) is 5.82 Å². The number of carbonyl (C=O) groups is 1. The minimum absolute atomic E-state index is 0.0128. The van der Waals surface area contributed by atoms with Gasteiger partial charge in [-0.1, -0.05) is 0 Å². The second-order valence-corrected chi connectivity index (χ2v) is 3.28. The van der Waals surface area contributed by atoms with Gasteiger partial charge in [0.05, 0.1) is 11.9 Å². The van der Waals surface area contributed by atoms with Gasteiger partial charge < -0.3 is 10.5 Å². The van der Waals surface area contributed by atoms with Crippen LogP contribution in [0, 0.1) is 0 Å². The summed E-state index contributed by atoms with van der Waals surface area (Å²) < 4.78 is 4.85. The molecule has 0 atom stereocenters. The molecule has 6 nitrogen and oxygen atoms in total. The number of aromatic nitrogens is 3. The largest absolute Gasteiger partial charge is 0.404 e. The van der Waals surface area contributed by atoms with Gasteiger partial charge in [0.2, 0.25) is 0 Å². The first-order chi connectivity index (χ1) is 8.16. The number of esters is 1. The molecule has 2 N–H and O–H groups in total. The normalized spacial score (nSPS) is 9.94. The standard InChI is InChI=1S/C11H10N4O2/c1-7(16)17-11-10(12)14-6-9(15-11)8-3-2-4-13-5-8/h2-6H,1H3,(H2,12,14). The van der Waals surface area contributed by atoms with E-state index in [9.17, 15) is 4.79 Å². The van der Waals surface area contributed by atoms with Crippen molar-refractivity contribution in [3.05, 3.63) is 30.7 Å². The van der Waals surface area contributed by atoms with Gasteiger partial charge in [0.25, 0.3) is 5.88 Å². The van der Waals surface area contributed by atoms with Crippen LogP contribution in [0.3, 0.4) is 0 Å². The van der Waals surface area contributed by atoms with E-state index in [0.717, 1.165) is 5.56 Å². The Kier molecular flexibility index (Phi) is 2.95. The van der Waals surface area contributed by atoms with E-state index in [4.69, 9.17) is 10.5 Å². The molecule has 2 aromatic heterocycles. The molecule has 0 spiro atoms. The van der Waals surface area contributed by atoms with E-state index in [1.807, 2.05) is 6.07 Å². The monoisotopic (exact) mass is 230 g/mol. The summed E-state index contributed by atoms with van der Waals surface area (Å²) in [4.78, 5) is 22.9. The average Bonchev–Trinajstić information content (AvgIpc) is 2.32. The second-order valence-electron chi connectivity index (χ2n) is 3.28. The average molecular weight is 230 g/mol. The maximum absolute atomic E-state index is 10.9. The predicted molar refractivity (Wildman–Crippen MR) is 61.0 cm³/mol. The van der Waals surface area contributed by atoms with Crippen LogP contribution in [0.15, 0.2) is 30.7 Å². The molecule has 0 saturated carbocycles. The van der Waals surface area contributed by atoms with Crippen LogP contribution >= 0.6 is 0 Å². The third-order valence-corrected chi connectivity index (χ3v) is 1.96.